The van der Waals surface area contributed by atoms with Gasteiger partial charge < -0.3 is 35.9 Å². The Labute approximate surface area is 229 Å². The number of amides is 4. The van der Waals surface area contributed by atoms with Crippen molar-refractivity contribution >= 4 is 23.6 Å². The fourth-order valence-corrected chi connectivity index (χ4v) is 5.85. The molecule has 216 valence electrons. The molecule has 1 aliphatic carbocycles. The van der Waals surface area contributed by atoms with E-state index in [4.69, 9.17) is 25.7 Å². The van der Waals surface area contributed by atoms with Crippen LogP contribution < -0.4 is 31.0 Å². The zero-order chi connectivity index (χ0) is 28.5. The molecule has 1 aliphatic heterocycles. The van der Waals surface area contributed by atoms with Gasteiger partial charge in [-0.3, -0.25) is 19.2 Å². The van der Waals surface area contributed by atoms with Gasteiger partial charge in [-0.05, 0) is 62.1 Å². The van der Waals surface area contributed by atoms with E-state index in [0.717, 1.165) is 50.5 Å². The Bertz CT molecular complexity index is 1020. The zero-order valence-electron chi connectivity index (χ0n) is 23.2. The van der Waals surface area contributed by atoms with Gasteiger partial charge in [0.15, 0.2) is 11.5 Å². The highest BCUT2D eigenvalue weighted by Crippen LogP contribution is 2.45. The van der Waals surface area contributed by atoms with Crippen LogP contribution in [-0.2, 0) is 19.2 Å². The number of carbonyl (C=O) groups excluding carboxylic acids is 4. The van der Waals surface area contributed by atoms with E-state index in [1.807, 2.05) is 12.1 Å². The summed E-state index contributed by atoms with van der Waals surface area (Å²) in [5, 5.41) is 2.66. The molecule has 11 nitrogen and oxygen atoms in total. The van der Waals surface area contributed by atoms with Crippen LogP contribution in [0.1, 0.15) is 75.7 Å². The lowest BCUT2D eigenvalue weighted by atomic mass is 9.75. The molecule has 3 rings (SSSR count). The molecule has 3 atom stereocenters. The van der Waals surface area contributed by atoms with Crippen molar-refractivity contribution in [1.82, 2.24) is 10.2 Å². The maximum atomic E-state index is 14.4. The van der Waals surface area contributed by atoms with Gasteiger partial charge in [-0.15, -0.1) is 0 Å². The van der Waals surface area contributed by atoms with Crippen molar-refractivity contribution in [2.24, 2.45) is 17.4 Å². The van der Waals surface area contributed by atoms with Crippen molar-refractivity contribution in [2.75, 3.05) is 27.9 Å². The van der Waals surface area contributed by atoms with Gasteiger partial charge in [0.25, 0.3) is 0 Å². The minimum atomic E-state index is -1.05. The Balaban J connectivity index is 1.95. The van der Waals surface area contributed by atoms with Gasteiger partial charge in [0.05, 0.1) is 27.2 Å². The molecule has 1 aromatic rings. The minimum absolute atomic E-state index is 0.00715. The Kier molecular flexibility index (Phi) is 10.8. The predicted octanol–water partition coefficient (Wildman–Crippen LogP) is 1.99. The van der Waals surface area contributed by atoms with E-state index >= 15 is 0 Å². The average Bonchev–Trinajstić information content (AvgIpc) is 2.94. The molecule has 0 spiro atoms. The smallest absolute Gasteiger partial charge is 0.243 e. The SMILES string of the molecule is COc1cc([C@@H](C(=O)N2CCCC[C@H]2C(=O)N[C@@H](CCC(N)=O)C(N)=O)C2CCCCC2)cc(OC)c1OC. The predicted molar refractivity (Wildman–Crippen MR) is 144 cm³/mol. The summed E-state index contributed by atoms with van der Waals surface area (Å²) < 4.78 is 16.6. The lowest BCUT2D eigenvalue weighted by molar-refractivity contribution is -0.145. The standard InChI is InChI=1S/C28H42N4O7/c1-37-21-15-18(16-22(38-2)25(21)39-3)24(17-9-5-4-6-10-17)28(36)32-14-8-7-11-20(32)27(35)31-19(26(30)34)12-13-23(29)33/h15-17,19-20,24H,4-14H2,1-3H3,(H2,29,33)(H2,30,34)(H,31,35)/t19-,20-,24-/m0/s1. The highest BCUT2D eigenvalue weighted by atomic mass is 16.5. The molecule has 11 heteroatoms. The van der Waals surface area contributed by atoms with E-state index in [1.54, 1.807) is 4.90 Å². The van der Waals surface area contributed by atoms with Gasteiger partial charge in [-0.25, -0.2) is 0 Å². The first kappa shape index (κ1) is 30.0. The van der Waals surface area contributed by atoms with E-state index < -0.39 is 35.7 Å². The summed E-state index contributed by atoms with van der Waals surface area (Å²) in [6.45, 7) is 0.424. The third kappa shape index (κ3) is 7.33. The highest BCUT2D eigenvalue weighted by Gasteiger charge is 2.40. The molecule has 0 radical (unpaired) electrons. The number of piperidine rings is 1. The fourth-order valence-electron chi connectivity index (χ4n) is 5.85. The second-order valence-electron chi connectivity index (χ2n) is 10.3. The number of likely N-dealkylation sites (tertiary alicyclic amines) is 1. The molecule has 39 heavy (non-hydrogen) atoms. The van der Waals surface area contributed by atoms with Gasteiger partial charge in [0.1, 0.15) is 12.1 Å². The molecule has 2 aliphatic rings. The lowest BCUT2D eigenvalue weighted by Crippen LogP contribution is -2.57. The number of nitrogens with two attached hydrogens (primary N) is 2. The molecular formula is C28H42N4O7. The molecule has 1 aromatic carbocycles. The molecule has 0 unspecified atom stereocenters. The van der Waals surface area contributed by atoms with Crippen molar-refractivity contribution in [3.63, 3.8) is 0 Å². The average molecular weight is 547 g/mol. The molecule has 1 heterocycles. The number of hydrogen-bond donors (Lipinski definition) is 3. The minimum Gasteiger partial charge on any atom is -0.493 e. The summed E-state index contributed by atoms with van der Waals surface area (Å²) in [6.07, 6.45) is 6.90. The van der Waals surface area contributed by atoms with Gasteiger partial charge in [0, 0.05) is 13.0 Å². The van der Waals surface area contributed by atoms with Crippen molar-refractivity contribution in [3.8, 4) is 17.2 Å². The van der Waals surface area contributed by atoms with Gasteiger partial charge in [0.2, 0.25) is 29.4 Å². The summed E-state index contributed by atoms with van der Waals surface area (Å²) in [7, 11) is 4.61. The largest absolute Gasteiger partial charge is 0.493 e. The van der Waals surface area contributed by atoms with Gasteiger partial charge in [-0.2, -0.15) is 0 Å². The quantitative estimate of drug-likeness (QED) is 0.361. The van der Waals surface area contributed by atoms with Crippen LogP contribution in [0.25, 0.3) is 0 Å². The van der Waals surface area contributed by atoms with Crippen LogP contribution in [0.5, 0.6) is 17.2 Å². The number of hydrogen-bond acceptors (Lipinski definition) is 7. The molecular weight excluding hydrogens is 504 g/mol. The topological polar surface area (TPSA) is 163 Å². The first-order valence-electron chi connectivity index (χ1n) is 13.7. The summed E-state index contributed by atoms with van der Waals surface area (Å²) in [5.74, 6) is -0.974. The van der Waals surface area contributed by atoms with Gasteiger partial charge >= 0.3 is 0 Å². The van der Waals surface area contributed by atoms with Crippen LogP contribution in [0.2, 0.25) is 0 Å². The van der Waals surface area contributed by atoms with E-state index in [1.165, 1.54) is 21.3 Å². The van der Waals surface area contributed by atoms with E-state index in [9.17, 15) is 19.2 Å². The number of benzene rings is 1. The number of carbonyl (C=O) groups is 4. The Morgan fingerprint density at radius 3 is 2.08 bits per heavy atom. The first-order chi connectivity index (χ1) is 18.7. The monoisotopic (exact) mass is 546 g/mol. The fraction of sp³-hybridized carbons (Fsp3) is 0.643. The highest BCUT2D eigenvalue weighted by molar-refractivity contribution is 5.93. The normalized spacial score (nSPS) is 19.5. The third-order valence-corrected chi connectivity index (χ3v) is 7.86. The molecule has 1 saturated heterocycles. The number of nitrogens with zero attached hydrogens (tertiary/aromatic N) is 1. The van der Waals surface area contributed by atoms with E-state index in [0.29, 0.717) is 30.2 Å². The molecule has 0 aromatic heterocycles. The number of nitrogens with one attached hydrogen (secondary N) is 1. The molecule has 5 N–H and O–H groups in total. The number of primary amides is 2. The van der Waals surface area contributed by atoms with Crippen molar-refractivity contribution in [3.05, 3.63) is 17.7 Å². The van der Waals surface area contributed by atoms with Crippen LogP contribution >= 0.6 is 0 Å². The molecule has 0 bridgehead atoms. The van der Waals surface area contributed by atoms with Gasteiger partial charge in [-0.1, -0.05) is 19.3 Å². The van der Waals surface area contributed by atoms with Crippen LogP contribution in [0.3, 0.4) is 0 Å². The van der Waals surface area contributed by atoms with Crippen molar-refractivity contribution in [1.29, 1.82) is 0 Å². The molecule has 4 amide bonds. The Morgan fingerprint density at radius 2 is 1.54 bits per heavy atom. The molecule has 1 saturated carbocycles. The van der Waals surface area contributed by atoms with Crippen LogP contribution in [0, 0.1) is 5.92 Å². The second-order valence-corrected chi connectivity index (χ2v) is 10.3. The van der Waals surface area contributed by atoms with Crippen molar-refractivity contribution < 1.29 is 33.4 Å². The zero-order valence-corrected chi connectivity index (χ0v) is 23.2. The first-order valence-corrected chi connectivity index (χ1v) is 13.7. The van der Waals surface area contributed by atoms with Crippen LogP contribution in [0.4, 0.5) is 0 Å². The number of rotatable bonds is 12. The Morgan fingerprint density at radius 1 is 0.923 bits per heavy atom. The number of ether oxygens (including phenoxy) is 3. The third-order valence-electron chi connectivity index (χ3n) is 7.86. The van der Waals surface area contributed by atoms with Crippen LogP contribution in [0.15, 0.2) is 12.1 Å². The van der Waals surface area contributed by atoms with Crippen molar-refractivity contribution in [2.45, 2.75) is 82.2 Å². The molecule has 2 fully saturated rings. The Hall–Kier alpha value is -3.50. The summed E-state index contributed by atoms with van der Waals surface area (Å²) in [4.78, 5) is 52.6. The lowest BCUT2D eigenvalue weighted by Gasteiger charge is -2.40. The summed E-state index contributed by atoms with van der Waals surface area (Å²) >= 11 is 0. The summed E-state index contributed by atoms with van der Waals surface area (Å²) in [6, 6.07) is 1.84. The maximum absolute atomic E-state index is 14.4. The maximum Gasteiger partial charge on any atom is 0.243 e. The van der Waals surface area contributed by atoms with Crippen LogP contribution in [-0.4, -0.2) is 68.5 Å². The van der Waals surface area contributed by atoms with E-state index in [2.05, 4.69) is 5.32 Å². The van der Waals surface area contributed by atoms with E-state index in [-0.39, 0.29) is 24.7 Å². The summed E-state index contributed by atoms with van der Waals surface area (Å²) in [5.41, 5.74) is 11.4. The second kappa shape index (κ2) is 14.0. The number of methoxy groups -OCH3 is 3.